The molecule has 0 bridgehead atoms. The van der Waals surface area contributed by atoms with Crippen molar-refractivity contribution in [3.63, 3.8) is 0 Å². The van der Waals surface area contributed by atoms with Gasteiger partial charge in [0.2, 0.25) is 0 Å². The van der Waals surface area contributed by atoms with E-state index < -0.39 is 0 Å². The summed E-state index contributed by atoms with van der Waals surface area (Å²) in [5.74, 6) is 0.159. The monoisotopic (exact) mass is 415 g/mol. The van der Waals surface area contributed by atoms with Gasteiger partial charge in [-0.25, -0.2) is 4.68 Å². The second-order valence-corrected chi connectivity index (χ2v) is 8.81. The number of rotatable bonds is 6. The number of piperidine rings is 1. The molecule has 3 aromatic rings. The third kappa shape index (κ3) is 4.39. The van der Waals surface area contributed by atoms with E-state index in [2.05, 4.69) is 39.6 Å². The summed E-state index contributed by atoms with van der Waals surface area (Å²) in [7, 11) is 0. The number of hydrogen-bond donors (Lipinski definition) is 1. The fraction of sp³-hybridized carbons (Fsp3) is 0.400. The number of carbonyl (C=O) groups is 1. The van der Waals surface area contributed by atoms with Crippen molar-refractivity contribution in [2.75, 3.05) is 11.9 Å². The minimum Gasteiger partial charge on any atom is -0.321 e. The predicted molar refractivity (Wildman–Crippen MR) is 121 cm³/mol. The maximum Gasteiger partial charge on any atom is 0.278 e. The first-order valence-corrected chi connectivity index (χ1v) is 11.3. The van der Waals surface area contributed by atoms with E-state index in [0.717, 1.165) is 36.5 Å². The van der Waals surface area contributed by atoms with Gasteiger partial charge in [0.15, 0.2) is 5.69 Å². The summed E-state index contributed by atoms with van der Waals surface area (Å²) < 4.78 is 1.81. The third-order valence-corrected chi connectivity index (χ3v) is 6.42. The average Bonchev–Trinajstić information content (AvgIpc) is 3.54. The molecule has 6 nitrogen and oxygen atoms in total. The molecule has 1 unspecified atom stereocenters. The van der Waals surface area contributed by atoms with Crippen molar-refractivity contribution in [1.29, 1.82) is 0 Å². The van der Waals surface area contributed by atoms with Crippen LogP contribution in [0.1, 0.15) is 66.7 Å². The number of carbonyl (C=O) groups excluding carboxylic acids is 1. The molecule has 1 N–H and O–H groups in total. The summed E-state index contributed by atoms with van der Waals surface area (Å²) in [6, 6.07) is 18.7. The van der Waals surface area contributed by atoms with Crippen molar-refractivity contribution in [3.05, 3.63) is 71.5 Å². The van der Waals surface area contributed by atoms with E-state index in [1.165, 1.54) is 31.4 Å². The standard InChI is InChI=1S/C25H29N5O/c1-18-7-5-6-16-29(18)17-19-10-14-21(15-11-19)26-25(31)23-24(20-12-13-20)30(28-27-23)22-8-3-2-4-9-22/h2-4,8-11,14-15,18,20H,5-7,12-13,16-17H2,1H3,(H,26,31). The van der Waals surface area contributed by atoms with E-state index >= 15 is 0 Å². The van der Waals surface area contributed by atoms with Crippen molar-refractivity contribution >= 4 is 11.6 Å². The zero-order valence-electron chi connectivity index (χ0n) is 18.0. The molecule has 2 heterocycles. The van der Waals surface area contributed by atoms with Crippen LogP contribution in [0.25, 0.3) is 5.69 Å². The highest BCUT2D eigenvalue weighted by molar-refractivity contribution is 6.03. The minimum absolute atomic E-state index is 0.193. The molecule has 2 fully saturated rings. The van der Waals surface area contributed by atoms with Crippen LogP contribution < -0.4 is 5.32 Å². The average molecular weight is 416 g/mol. The smallest absolute Gasteiger partial charge is 0.278 e. The topological polar surface area (TPSA) is 63.1 Å². The Bertz CT molecular complexity index is 1040. The lowest BCUT2D eigenvalue weighted by Gasteiger charge is -2.33. The lowest BCUT2D eigenvalue weighted by molar-refractivity contribution is 0.102. The summed E-state index contributed by atoms with van der Waals surface area (Å²) in [5, 5.41) is 11.6. The van der Waals surface area contributed by atoms with Gasteiger partial charge in [-0.2, -0.15) is 0 Å². The Morgan fingerprint density at radius 2 is 1.81 bits per heavy atom. The Hall–Kier alpha value is -2.99. The first-order chi connectivity index (χ1) is 15.2. The summed E-state index contributed by atoms with van der Waals surface area (Å²) in [5.41, 5.74) is 4.35. The molecule has 1 saturated carbocycles. The molecule has 0 spiro atoms. The Labute approximate surface area is 183 Å². The predicted octanol–water partition coefficient (Wildman–Crippen LogP) is 4.77. The molecule has 1 amide bonds. The van der Waals surface area contributed by atoms with Gasteiger partial charge in [-0.15, -0.1) is 5.10 Å². The molecule has 31 heavy (non-hydrogen) atoms. The van der Waals surface area contributed by atoms with Gasteiger partial charge >= 0.3 is 0 Å². The molecule has 160 valence electrons. The zero-order valence-corrected chi connectivity index (χ0v) is 18.0. The molecule has 2 aliphatic rings. The van der Waals surface area contributed by atoms with Crippen molar-refractivity contribution in [2.24, 2.45) is 0 Å². The fourth-order valence-electron chi connectivity index (χ4n) is 4.44. The number of aromatic nitrogens is 3. The van der Waals surface area contributed by atoms with Crippen LogP contribution in [0.4, 0.5) is 5.69 Å². The van der Waals surface area contributed by atoms with Gasteiger partial charge in [0.05, 0.1) is 11.4 Å². The number of para-hydroxylation sites is 1. The van der Waals surface area contributed by atoms with Gasteiger partial charge in [-0.3, -0.25) is 9.69 Å². The van der Waals surface area contributed by atoms with Crippen LogP contribution in [0.2, 0.25) is 0 Å². The minimum atomic E-state index is -0.193. The molecule has 1 saturated heterocycles. The van der Waals surface area contributed by atoms with Crippen molar-refractivity contribution in [1.82, 2.24) is 19.9 Å². The van der Waals surface area contributed by atoms with Gasteiger partial charge in [-0.05, 0) is 69.0 Å². The molecular weight excluding hydrogens is 386 g/mol. The normalized spacial score (nSPS) is 19.3. The van der Waals surface area contributed by atoms with E-state index in [1.54, 1.807) is 0 Å². The van der Waals surface area contributed by atoms with Gasteiger partial charge in [0.1, 0.15) is 0 Å². The first kappa shape index (κ1) is 19.9. The molecule has 0 radical (unpaired) electrons. The molecular formula is C25H29N5O. The van der Waals surface area contributed by atoms with Crippen LogP contribution in [-0.2, 0) is 6.54 Å². The highest BCUT2D eigenvalue weighted by atomic mass is 16.2. The number of benzene rings is 2. The van der Waals surface area contributed by atoms with Gasteiger partial charge in [0.25, 0.3) is 5.91 Å². The summed E-state index contributed by atoms with van der Waals surface area (Å²) in [6.07, 6.45) is 6.04. The fourth-order valence-corrected chi connectivity index (χ4v) is 4.44. The van der Waals surface area contributed by atoms with Crippen molar-refractivity contribution in [3.8, 4) is 5.69 Å². The Morgan fingerprint density at radius 3 is 2.52 bits per heavy atom. The summed E-state index contributed by atoms with van der Waals surface area (Å²) >= 11 is 0. The lowest BCUT2D eigenvalue weighted by Crippen LogP contribution is -2.36. The van der Waals surface area contributed by atoms with Crippen LogP contribution in [0.5, 0.6) is 0 Å². The van der Waals surface area contributed by atoms with Crippen molar-refractivity contribution < 1.29 is 4.79 Å². The molecule has 1 aromatic heterocycles. The lowest BCUT2D eigenvalue weighted by atomic mass is 10.0. The van der Waals surface area contributed by atoms with Crippen molar-refractivity contribution in [2.45, 2.75) is 57.5 Å². The molecule has 2 aromatic carbocycles. The third-order valence-electron chi connectivity index (χ3n) is 6.42. The molecule has 1 aliphatic heterocycles. The molecule has 1 aliphatic carbocycles. The maximum absolute atomic E-state index is 13.0. The molecule has 5 rings (SSSR count). The van der Waals surface area contributed by atoms with Gasteiger partial charge < -0.3 is 5.32 Å². The number of nitrogens with one attached hydrogen (secondary N) is 1. The van der Waals surface area contributed by atoms with E-state index in [0.29, 0.717) is 17.7 Å². The molecule has 1 atom stereocenters. The maximum atomic E-state index is 13.0. The SMILES string of the molecule is CC1CCCCN1Cc1ccc(NC(=O)c2nnn(-c3ccccc3)c2C2CC2)cc1. The number of likely N-dealkylation sites (tertiary alicyclic amines) is 1. The van der Waals surface area contributed by atoms with Crippen LogP contribution in [0.15, 0.2) is 54.6 Å². The Morgan fingerprint density at radius 1 is 1.03 bits per heavy atom. The quantitative estimate of drug-likeness (QED) is 0.630. The number of anilines is 1. The van der Waals surface area contributed by atoms with E-state index in [9.17, 15) is 4.79 Å². The van der Waals surface area contributed by atoms with Gasteiger partial charge in [-0.1, -0.05) is 42.0 Å². The number of nitrogens with zero attached hydrogens (tertiary/aromatic N) is 4. The second kappa shape index (κ2) is 8.63. The zero-order chi connectivity index (χ0) is 21.2. The first-order valence-electron chi connectivity index (χ1n) is 11.3. The van der Waals surface area contributed by atoms with E-state index in [4.69, 9.17) is 0 Å². The van der Waals surface area contributed by atoms with Crippen LogP contribution >= 0.6 is 0 Å². The number of amides is 1. The summed E-state index contributed by atoms with van der Waals surface area (Å²) in [6.45, 7) is 4.45. The van der Waals surface area contributed by atoms with E-state index in [1.807, 2.05) is 47.1 Å². The van der Waals surface area contributed by atoms with Crippen LogP contribution in [-0.4, -0.2) is 38.4 Å². The highest BCUT2D eigenvalue weighted by Crippen LogP contribution is 2.42. The largest absolute Gasteiger partial charge is 0.321 e. The Balaban J connectivity index is 1.30. The highest BCUT2D eigenvalue weighted by Gasteiger charge is 2.34. The van der Waals surface area contributed by atoms with Crippen LogP contribution in [0.3, 0.4) is 0 Å². The Kier molecular flexibility index (Phi) is 5.55. The summed E-state index contributed by atoms with van der Waals surface area (Å²) in [4.78, 5) is 15.6. The second-order valence-electron chi connectivity index (χ2n) is 8.81. The van der Waals surface area contributed by atoms with E-state index in [-0.39, 0.29) is 5.91 Å². The molecule has 6 heteroatoms. The van der Waals surface area contributed by atoms with Crippen LogP contribution in [0, 0.1) is 0 Å². The number of hydrogen-bond acceptors (Lipinski definition) is 4. The van der Waals surface area contributed by atoms with Gasteiger partial charge in [0, 0.05) is 24.2 Å².